The van der Waals surface area contributed by atoms with Gasteiger partial charge in [-0.2, -0.15) is 0 Å². The molecule has 0 heterocycles. The minimum Gasteiger partial charge on any atom is -0.493 e. The summed E-state index contributed by atoms with van der Waals surface area (Å²) >= 11 is 0. The summed E-state index contributed by atoms with van der Waals surface area (Å²) in [6.07, 6.45) is 0. The zero-order valence-electron chi connectivity index (χ0n) is 11.0. The van der Waals surface area contributed by atoms with Crippen LogP contribution in [0.2, 0.25) is 0 Å². The molecule has 1 rings (SSSR count). The predicted octanol–water partition coefficient (Wildman–Crippen LogP) is 2.93. The minimum atomic E-state index is 0.153. The predicted molar refractivity (Wildman–Crippen MR) is 70.8 cm³/mol. The summed E-state index contributed by atoms with van der Waals surface area (Å²) < 4.78 is 10.5. The van der Waals surface area contributed by atoms with Gasteiger partial charge in [0.1, 0.15) is 0 Å². The van der Waals surface area contributed by atoms with E-state index in [2.05, 4.69) is 18.8 Å². The van der Waals surface area contributed by atoms with Crippen molar-refractivity contribution in [1.82, 2.24) is 5.32 Å². The second kappa shape index (κ2) is 6.30. The van der Waals surface area contributed by atoms with Crippen LogP contribution < -0.4 is 14.8 Å². The highest BCUT2D eigenvalue weighted by Crippen LogP contribution is 2.31. The first-order valence-corrected chi connectivity index (χ1v) is 5.74. The molecule has 0 amide bonds. The monoisotopic (exact) mass is 235 g/mol. The molecule has 0 saturated heterocycles. The van der Waals surface area contributed by atoms with Crippen molar-refractivity contribution in [3.63, 3.8) is 0 Å². The SMILES string of the molecule is C=C(C)C(NCC)c1ccc(OC)c(OC)c1. The Morgan fingerprint density at radius 2 is 1.94 bits per heavy atom. The van der Waals surface area contributed by atoms with Gasteiger partial charge >= 0.3 is 0 Å². The number of nitrogens with one attached hydrogen (secondary N) is 1. The van der Waals surface area contributed by atoms with E-state index in [1.54, 1.807) is 14.2 Å². The van der Waals surface area contributed by atoms with Crippen molar-refractivity contribution in [1.29, 1.82) is 0 Å². The van der Waals surface area contributed by atoms with Gasteiger partial charge < -0.3 is 14.8 Å². The van der Waals surface area contributed by atoms with Gasteiger partial charge in [-0.1, -0.05) is 25.1 Å². The molecular weight excluding hydrogens is 214 g/mol. The van der Waals surface area contributed by atoms with Gasteiger partial charge in [-0.05, 0) is 31.2 Å². The molecule has 0 aromatic heterocycles. The molecule has 94 valence electrons. The number of ether oxygens (including phenoxy) is 2. The summed E-state index contributed by atoms with van der Waals surface area (Å²) in [5.41, 5.74) is 2.22. The Morgan fingerprint density at radius 1 is 1.29 bits per heavy atom. The molecule has 0 fully saturated rings. The Bertz CT molecular complexity index is 388. The largest absolute Gasteiger partial charge is 0.493 e. The highest BCUT2D eigenvalue weighted by molar-refractivity contribution is 5.45. The Hall–Kier alpha value is -1.48. The Labute approximate surface area is 103 Å². The molecule has 1 aromatic carbocycles. The molecule has 1 atom stereocenters. The van der Waals surface area contributed by atoms with Crippen LogP contribution in [0.15, 0.2) is 30.4 Å². The molecule has 17 heavy (non-hydrogen) atoms. The fraction of sp³-hybridized carbons (Fsp3) is 0.429. The Kier molecular flexibility index (Phi) is 5.04. The van der Waals surface area contributed by atoms with E-state index in [4.69, 9.17) is 9.47 Å². The maximum absolute atomic E-state index is 5.30. The van der Waals surface area contributed by atoms with Gasteiger partial charge in [0.15, 0.2) is 11.5 Å². The molecule has 1 N–H and O–H groups in total. The van der Waals surface area contributed by atoms with Crippen molar-refractivity contribution in [2.75, 3.05) is 20.8 Å². The minimum absolute atomic E-state index is 0.153. The van der Waals surface area contributed by atoms with Crippen molar-refractivity contribution in [3.05, 3.63) is 35.9 Å². The van der Waals surface area contributed by atoms with Crippen LogP contribution in [-0.4, -0.2) is 20.8 Å². The van der Waals surface area contributed by atoms with E-state index >= 15 is 0 Å². The molecule has 0 spiro atoms. The molecule has 1 aromatic rings. The third-order valence-electron chi connectivity index (χ3n) is 2.64. The van der Waals surface area contributed by atoms with Gasteiger partial charge in [-0.3, -0.25) is 0 Å². The molecule has 3 nitrogen and oxygen atoms in total. The van der Waals surface area contributed by atoms with Gasteiger partial charge in [0.2, 0.25) is 0 Å². The maximum atomic E-state index is 5.30. The third kappa shape index (κ3) is 3.24. The molecule has 0 aliphatic rings. The molecule has 3 heteroatoms. The fourth-order valence-corrected chi connectivity index (χ4v) is 1.81. The average molecular weight is 235 g/mol. The molecular formula is C14H21NO2. The van der Waals surface area contributed by atoms with E-state index < -0.39 is 0 Å². The van der Waals surface area contributed by atoms with Crippen molar-refractivity contribution in [2.24, 2.45) is 0 Å². The number of benzene rings is 1. The van der Waals surface area contributed by atoms with Crippen LogP contribution in [0, 0.1) is 0 Å². The van der Waals surface area contributed by atoms with E-state index in [-0.39, 0.29) is 6.04 Å². The number of likely N-dealkylation sites (N-methyl/N-ethyl adjacent to an activating group) is 1. The first-order valence-electron chi connectivity index (χ1n) is 5.74. The smallest absolute Gasteiger partial charge is 0.161 e. The summed E-state index contributed by atoms with van der Waals surface area (Å²) in [5.74, 6) is 1.49. The van der Waals surface area contributed by atoms with Crippen molar-refractivity contribution >= 4 is 0 Å². The summed E-state index contributed by atoms with van der Waals surface area (Å²) in [6, 6.07) is 6.09. The van der Waals surface area contributed by atoms with E-state index in [1.165, 1.54) is 0 Å². The van der Waals surface area contributed by atoms with Crippen molar-refractivity contribution in [3.8, 4) is 11.5 Å². The molecule has 0 aliphatic carbocycles. The van der Waals surface area contributed by atoms with Crippen LogP contribution in [-0.2, 0) is 0 Å². The van der Waals surface area contributed by atoms with Crippen molar-refractivity contribution in [2.45, 2.75) is 19.9 Å². The van der Waals surface area contributed by atoms with Gasteiger partial charge in [0, 0.05) is 0 Å². The van der Waals surface area contributed by atoms with E-state index in [9.17, 15) is 0 Å². The number of methoxy groups -OCH3 is 2. The van der Waals surface area contributed by atoms with Crippen LogP contribution in [0.5, 0.6) is 11.5 Å². The Morgan fingerprint density at radius 3 is 2.41 bits per heavy atom. The highest BCUT2D eigenvalue weighted by Gasteiger charge is 2.13. The van der Waals surface area contributed by atoms with E-state index in [0.717, 1.165) is 29.2 Å². The lowest BCUT2D eigenvalue weighted by molar-refractivity contribution is 0.354. The average Bonchev–Trinajstić information content (AvgIpc) is 2.34. The first-order chi connectivity index (χ1) is 8.13. The zero-order chi connectivity index (χ0) is 12.8. The topological polar surface area (TPSA) is 30.5 Å². The van der Waals surface area contributed by atoms with E-state index in [0.29, 0.717) is 0 Å². The second-order valence-corrected chi connectivity index (χ2v) is 3.95. The number of hydrogen-bond acceptors (Lipinski definition) is 3. The maximum Gasteiger partial charge on any atom is 0.161 e. The molecule has 0 radical (unpaired) electrons. The normalized spacial score (nSPS) is 12.0. The number of rotatable bonds is 6. The lowest BCUT2D eigenvalue weighted by Crippen LogP contribution is -2.21. The van der Waals surface area contributed by atoms with Gasteiger partial charge in [-0.25, -0.2) is 0 Å². The summed E-state index contributed by atoms with van der Waals surface area (Å²) in [4.78, 5) is 0. The Balaban J connectivity index is 3.08. The first kappa shape index (κ1) is 13.6. The van der Waals surface area contributed by atoms with Gasteiger partial charge in [0.25, 0.3) is 0 Å². The van der Waals surface area contributed by atoms with Crippen LogP contribution in [0.25, 0.3) is 0 Å². The fourth-order valence-electron chi connectivity index (χ4n) is 1.81. The summed E-state index contributed by atoms with van der Waals surface area (Å²) in [7, 11) is 3.28. The molecule has 1 unspecified atom stereocenters. The molecule has 0 saturated carbocycles. The van der Waals surface area contributed by atoms with E-state index in [1.807, 2.05) is 25.1 Å². The van der Waals surface area contributed by atoms with Gasteiger partial charge in [0.05, 0.1) is 20.3 Å². The lowest BCUT2D eigenvalue weighted by Gasteiger charge is -2.20. The van der Waals surface area contributed by atoms with Crippen LogP contribution in [0.1, 0.15) is 25.5 Å². The highest BCUT2D eigenvalue weighted by atomic mass is 16.5. The summed E-state index contributed by atoms with van der Waals surface area (Å²) in [5, 5.41) is 3.39. The zero-order valence-corrected chi connectivity index (χ0v) is 11.0. The summed E-state index contributed by atoms with van der Waals surface area (Å²) in [6.45, 7) is 9.01. The van der Waals surface area contributed by atoms with Crippen LogP contribution in [0.4, 0.5) is 0 Å². The quantitative estimate of drug-likeness (QED) is 0.769. The van der Waals surface area contributed by atoms with Crippen LogP contribution >= 0.6 is 0 Å². The van der Waals surface area contributed by atoms with Gasteiger partial charge in [-0.15, -0.1) is 0 Å². The number of hydrogen-bond donors (Lipinski definition) is 1. The lowest BCUT2D eigenvalue weighted by atomic mass is 10.0. The van der Waals surface area contributed by atoms with Crippen molar-refractivity contribution < 1.29 is 9.47 Å². The second-order valence-electron chi connectivity index (χ2n) is 3.95. The third-order valence-corrected chi connectivity index (χ3v) is 2.64. The van der Waals surface area contributed by atoms with Crippen LogP contribution in [0.3, 0.4) is 0 Å². The standard InChI is InChI=1S/C14H21NO2/c1-6-15-14(10(2)3)11-7-8-12(16-4)13(9-11)17-5/h7-9,14-15H,2,6H2,1,3-5H3. The molecule has 0 bridgehead atoms. The molecule has 0 aliphatic heterocycles.